The van der Waals surface area contributed by atoms with Crippen LogP contribution in [-0.2, 0) is 0 Å². The first-order chi connectivity index (χ1) is 10.7. The summed E-state index contributed by atoms with van der Waals surface area (Å²) in [6.07, 6.45) is 8.08. The number of fused-ring (bicyclic) bond motifs is 1. The fourth-order valence-corrected chi connectivity index (χ4v) is 4.80. The van der Waals surface area contributed by atoms with Crippen LogP contribution in [0.5, 0.6) is 5.88 Å². The summed E-state index contributed by atoms with van der Waals surface area (Å²) in [5.41, 5.74) is 0.731. The van der Waals surface area contributed by atoms with Gasteiger partial charge in [-0.2, -0.15) is 0 Å². The van der Waals surface area contributed by atoms with Crippen LogP contribution < -0.4 is 10.1 Å². The predicted molar refractivity (Wildman–Crippen MR) is 83.9 cm³/mol. The molecule has 2 aliphatic carbocycles. The third kappa shape index (κ3) is 2.53. The van der Waals surface area contributed by atoms with Crippen LogP contribution in [0.1, 0.15) is 32.1 Å². The van der Waals surface area contributed by atoms with Crippen molar-refractivity contribution in [1.82, 2.24) is 9.88 Å². The van der Waals surface area contributed by atoms with Gasteiger partial charge in [-0.15, -0.1) is 0 Å². The number of hydrogen-bond donors (Lipinski definition) is 1. The number of urea groups is 1. The van der Waals surface area contributed by atoms with Crippen LogP contribution in [0.4, 0.5) is 10.5 Å². The number of anilines is 1. The molecule has 0 aromatic carbocycles. The Hall–Kier alpha value is -1.78. The highest BCUT2D eigenvalue weighted by Crippen LogP contribution is 2.47. The molecule has 118 valence electrons. The maximum Gasteiger partial charge on any atom is 0.322 e. The van der Waals surface area contributed by atoms with Crippen LogP contribution in [0.25, 0.3) is 0 Å². The standard InChI is InChI=1S/C17H23N3O2/c1-22-16-3-2-14(9-18-16)19-17(21)20-10-13-5-11-4-12(6-13)8-15(20)7-11/h2-3,9,11-13,15H,4-8,10H2,1H3,(H,19,21)/t11-,12+,13?,15?. The Morgan fingerprint density at radius 2 is 1.91 bits per heavy atom. The number of rotatable bonds is 2. The molecule has 5 nitrogen and oxygen atoms in total. The molecule has 22 heavy (non-hydrogen) atoms. The van der Waals surface area contributed by atoms with E-state index in [4.69, 9.17) is 4.74 Å². The molecule has 2 amide bonds. The van der Waals surface area contributed by atoms with E-state index >= 15 is 0 Å². The van der Waals surface area contributed by atoms with Gasteiger partial charge in [-0.25, -0.2) is 9.78 Å². The molecule has 4 bridgehead atoms. The van der Waals surface area contributed by atoms with Gasteiger partial charge in [0, 0.05) is 18.7 Å². The minimum absolute atomic E-state index is 0.0326. The highest BCUT2D eigenvalue weighted by molar-refractivity contribution is 5.89. The van der Waals surface area contributed by atoms with Crippen LogP contribution in [0.15, 0.2) is 18.3 Å². The third-order valence-electron chi connectivity index (χ3n) is 5.56. The molecular weight excluding hydrogens is 278 g/mol. The van der Waals surface area contributed by atoms with Gasteiger partial charge < -0.3 is 15.0 Å². The van der Waals surface area contributed by atoms with E-state index in [1.54, 1.807) is 19.4 Å². The van der Waals surface area contributed by atoms with Gasteiger partial charge in [0.05, 0.1) is 19.0 Å². The van der Waals surface area contributed by atoms with Gasteiger partial charge in [0.25, 0.3) is 0 Å². The Kier molecular flexibility index (Phi) is 3.43. The van der Waals surface area contributed by atoms with E-state index in [1.807, 2.05) is 6.07 Å². The van der Waals surface area contributed by atoms with Gasteiger partial charge in [-0.05, 0) is 55.9 Å². The lowest BCUT2D eigenvalue weighted by atomic mass is 9.68. The van der Waals surface area contributed by atoms with Crippen LogP contribution in [0.3, 0.4) is 0 Å². The fourth-order valence-electron chi connectivity index (χ4n) is 4.80. The van der Waals surface area contributed by atoms with Crippen molar-refractivity contribution >= 4 is 11.7 Å². The lowest BCUT2D eigenvalue weighted by Gasteiger charge is -2.38. The molecule has 1 aromatic rings. The first kappa shape index (κ1) is 13.9. The molecule has 5 heteroatoms. The number of carbonyl (C=O) groups is 1. The maximum atomic E-state index is 12.7. The predicted octanol–water partition coefficient (Wildman–Crippen LogP) is 3.13. The number of carbonyl (C=O) groups excluding carboxylic acids is 1. The van der Waals surface area contributed by atoms with Crippen molar-refractivity contribution in [3.8, 4) is 5.88 Å². The second-order valence-electron chi connectivity index (χ2n) is 7.10. The zero-order valence-electron chi connectivity index (χ0n) is 13.0. The summed E-state index contributed by atoms with van der Waals surface area (Å²) < 4.78 is 5.05. The van der Waals surface area contributed by atoms with E-state index in [2.05, 4.69) is 15.2 Å². The van der Waals surface area contributed by atoms with Gasteiger partial charge in [-0.1, -0.05) is 0 Å². The Morgan fingerprint density at radius 1 is 1.18 bits per heavy atom. The molecule has 3 heterocycles. The zero-order chi connectivity index (χ0) is 15.1. The van der Waals surface area contributed by atoms with Gasteiger partial charge in [0.15, 0.2) is 0 Å². The molecule has 4 atom stereocenters. The summed E-state index contributed by atoms with van der Waals surface area (Å²) in [4.78, 5) is 18.9. The number of ether oxygens (including phenoxy) is 1. The summed E-state index contributed by atoms with van der Waals surface area (Å²) in [6.45, 7) is 0.924. The zero-order valence-corrected chi connectivity index (χ0v) is 13.0. The van der Waals surface area contributed by atoms with E-state index in [1.165, 1.54) is 32.1 Å². The Balaban J connectivity index is 1.47. The lowest BCUT2D eigenvalue weighted by molar-refractivity contribution is 0.136. The van der Waals surface area contributed by atoms with E-state index in [0.717, 1.165) is 24.1 Å². The molecule has 1 N–H and O–H groups in total. The number of pyridine rings is 1. The van der Waals surface area contributed by atoms with E-state index in [-0.39, 0.29) is 6.03 Å². The molecule has 2 aliphatic heterocycles. The lowest BCUT2D eigenvalue weighted by Crippen LogP contribution is -2.44. The molecule has 2 saturated carbocycles. The Bertz CT molecular complexity index is 546. The minimum Gasteiger partial charge on any atom is -0.481 e. The van der Waals surface area contributed by atoms with Crippen molar-refractivity contribution in [1.29, 1.82) is 0 Å². The van der Waals surface area contributed by atoms with E-state index in [0.29, 0.717) is 17.8 Å². The summed E-state index contributed by atoms with van der Waals surface area (Å²) in [5, 5.41) is 3.00. The van der Waals surface area contributed by atoms with Crippen molar-refractivity contribution in [2.24, 2.45) is 17.8 Å². The molecule has 5 rings (SSSR count). The van der Waals surface area contributed by atoms with Crippen LogP contribution in [0, 0.1) is 17.8 Å². The summed E-state index contributed by atoms with van der Waals surface area (Å²) in [7, 11) is 1.59. The highest BCUT2D eigenvalue weighted by Gasteiger charge is 2.44. The topological polar surface area (TPSA) is 54.5 Å². The average molecular weight is 301 g/mol. The number of aromatic nitrogens is 1. The van der Waals surface area contributed by atoms with E-state index < -0.39 is 0 Å². The Morgan fingerprint density at radius 3 is 2.55 bits per heavy atom. The monoisotopic (exact) mass is 301 g/mol. The average Bonchev–Trinajstić information content (AvgIpc) is 2.72. The summed E-state index contributed by atoms with van der Waals surface area (Å²) >= 11 is 0. The summed E-state index contributed by atoms with van der Waals surface area (Å²) in [6, 6.07) is 4.07. The first-order valence-corrected chi connectivity index (χ1v) is 8.29. The smallest absolute Gasteiger partial charge is 0.322 e. The molecule has 1 aromatic heterocycles. The molecule has 2 saturated heterocycles. The summed E-state index contributed by atoms with van der Waals surface area (Å²) in [5.74, 6) is 2.96. The largest absolute Gasteiger partial charge is 0.481 e. The SMILES string of the molecule is COc1ccc(NC(=O)N2CC3C[C@@H]4CC2C[C@H](C3)C4)cn1. The van der Waals surface area contributed by atoms with Crippen LogP contribution >= 0.6 is 0 Å². The van der Waals surface area contributed by atoms with Crippen molar-refractivity contribution in [2.75, 3.05) is 19.0 Å². The molecule has 0 spiro atoms. The van der Waals surface area contributed by atoms with Crippen LogP contribution in [-0.4, -0.2) is 35.6 Å². The third-order valence-corrected chi connectivity index (χ3v) is 5.56. The molecule has 4 aliphatic rings. The van der Waals surface area contributed by atoms with Crippen molar-refractivity contribution < 1.29 is 9.53 Å². The normalized spacial score (nSPS) is 32.7. The molecular formula is C17H23N3O2. The van der Waals surface area contributed by atoms with Crippen molar-refractivity contribution in [3.05, 3.63) is 18.3 Å². The fraction of sp³-hybridized carbons (Fsp3) is 0.647. The number of methoxy groups -OCH3 is 1. The van der Waals surface area contributed by atoms with Crippen molar-refractivity contribution in [3.63, 3.8) is 0 Å². The van der Waals surface area contributed by atoms with Gasteiger partial charge >= 0.3 is 6.03 Å². The highest BCUT2D eigenvalue weighted by atomic mass is 16.5. The van der Waals surface area contributed by atoms with Crippen LogP contribution in [0.2, 0.25) is 0 Å². The van der Waals surface area contributed by atoms with Gasteiger partial charge in [0.1, 0.15) is 0 Å². The second kappa shape index (κ2) is 5.45. The number of nitrogens with zero attached hydrogens (tertiary/aromatic N) is 2. The molecule has 2 unspecified atom stereocenters. The number of hydrogen-bond acceptors (Lipinski definition) is 3. The molecule has 0 radical (unpaired) electrons. The maximum absolute atomic E-state index is 12.7. The van der Waals surface area contributed by atoms with Crippen molar-refractivity contribution in [2.45, 2.75) is 38.1 Å². The minimum atomic E-state index is 0.0326. The van der Waals surface area contributed by atoms with Gasteiger partial charge in [0.2, 0.25) is 5.88 Å². The molecule has 4 fully saturated rings. The Labute approximate surface area is 131 Å². The van der Waals surface area contributed by atoms with E-state index in [9.17, 15) is 4.79 Å². The number of nitrogens with one attached hydrogen (secondary N) is 1. The first-order valence-electron chi connectivity index (χ1n) is 8.29. The quantitative estimate of drug-likeness (QED) is 0.913. The number of amides is 2. The second-order valence-corrected chi connectivity index (χ2v) is 7.10. The van der Waals surface area contributed by atoms with Gasteiger partial charge in [-0.3, -0.25) is 0 Å².